The first-order valence-electron chi connectivity index (χ1n) is 7.65. The number of ether oxygens (including phenoxy) is 1. The summed E-state index contributed by atoms with van der Waals surface area (Å²) in [5.74, 6) is -1.17. The van der Waals surface area contributed by atoms with Crippen LogP contribution < -0.4 is 10.6 Å². The topological polar surface area (TPSA) is 93.5 Å². The van der Waals surface area contributed by atoms with Crippen molar-refractivity contribution >= 4 is 51.0 Å². The normalized spacial score (nSPS) is 12.4. The number of thiophene rings is 1. The van der Waals surface area contributed by atoms with Crippen molar-refractivity contribution < 1.29 is 18.8 Å². The Morgan fingerprint density at radius 2 is 2.15 bits per heavy atom. The van der Waals surface area contributed by atoms with Gasteiger partial charge in [-0.1, -0.05) is 0 Å². The summed E-state index contributed by atoms with van der Waals surface area (Å²) in [6.07, 6.45) is 2.66. The lowest BCUT2D eigenvalue weighted by Crippen LogP contribution is -2.21. The second-order valence-electron chi connectivity index (χ2n) is 5.55. The maximum Gasteiger partial charge on any atom is 0.341 e. The van der Waals surface area contributed by atoms with Gasteiger partial charge in [-0.15, -0.1) is 11.3 Å². The Morgan fingerprint density at radius 1 is 1.38 bits per heavy atom. The highest BCUT2D eigenvalue weighted by Gasteiger charge is 2.27. The van der Waals surface area contributed by atoms with Gasteiger partial charge in [0.15, 0.2) is 5.11 Å². The molecule has 26 heavy (non-hydrogen) atoms. The number of rotatable bonds is 4. The first kappa shape index (κ1) is 18.2. The molecule has 136 valence electrons. The lowest BCUT2D eigenvalue weighted by molar-refractivity contribution is -0.384. The minimum atomic E-state index is -0.719. The molecule has 0 fully saturated rings. The SMILES string of the molecule is COC(=O)c1c(NC(=S)Nc2ccc(F)cc2[N+](=O)[O-])sc2c1CCC2. The third-order valence-electron chi connectivity index (χ3n) is 3.94. The lowest BCUT2D eigenvalue weighted by atomic mass is 10.1. The number of halogens is 1. The number of carbonyl (C=O) groups is 1. The third kappa shape index (κ3) is 3.51. The number of nitrogens with zero attached hydrogens (tertiary/aromatic N) is 1. The molecular formula is C16H14FN3O4S2. The highest BCUT2D eigenvalue weighted by Crippen LogP contribution is 2.39. The van der Waals surface area contributed by atoms with Crippen LogP contribution >= 0.6 is 23.6 Å². The van der Waals surface area contributed by atoms with Crippen molar-refractivity contribution in [3.8, 4) is 0 Å². The number of methoxy groups -OCH3 is 1. The Kier molecular flexibility index (Phi) is 5.14. The van der Waals surface area contributed by atoms with E-state index in [1.807, 2.05) is 0 Å². The van der Waals surface area contributed by atoms with Crippen LogP contribution in [-0.2, 0) is 17.6 Å². The minimum absolute atomic E-state index is 0.0533. The average Bonchev–Trinajstić information content (AvgIpc) is 3.16. The highest BCUT2D eigenvalue weighted by atomic mass is 32.1. The van der Waals surface area contributed by atoms with Gasteiger partial charge in [-0.3, -0.25) is 10.1 Å². The molecule has 0 bridgehead atoms. The molecule has 7 nitrogen and oxygen atoms in total. The first-order chi connectivity index (χ1) is 12.4. The molecule has 10 heteroatoms. The molecule has 2 N–H and O–H groups in total. The smallest absolute Gasteiger partial charge is 0.341 e. The fourth-order valence-electron chi connectivity index (χ4n) is 2.83. The number of hydrogen-bond acceptors (Lipinski definition) is 6. The molecule has 0 saturated heterocycles. The Morgan fingerprint density at radius 3 is 2.85 bits per heavy atom. The number of nitrogens with one attached hydrogen (secondary N) is 2. The van der Waals surface area contributed by atoms with Gasteiger partial charge in [0, 0.05) is 4.88 Å². The fraction of sp³-hybridized carbons (Fsp3) is 0.250. The van der Waals surface area contributed by atoms with E-state index in [2.05, 4.69) is 10.6 Å². The van der Waals surface area contributed by atoms with Crippen LogP contribution in [0.4, 0.5) is 20.8 Å². The van der Waals surface area contributed by atoms with E-state index in [-0.39, 0.29) is 10.8 Å². The van der Waals surface area contributed by atoms with Crippen molar-refractivity contribution in [3.05, 3.63) is 50.1 Å². The van der Waals surface area contributed by atoms with E-state index in [0.717, 1.165) is 41.8 Å². The second kappa shape index (κ2) is 7.34. The summed E-state index contributed by atoms with van der Waals surface area (Å²) in [5, 5.41) is 17.2. The molecule has 0 spiro atoms. The van der Waals surface area contributed by atoms with E-state index < -0.39 is 22.4 Å². The highest BCUT2D eigenvalue weighted by molar-refractivity contribution is 7.80. The molecule has 0 atom stereocenters. The minimum Gasteiger partial charge on any atom is -0.465 e. The van der Waals surface area contributed by atoms with Crippen LogP contribution in [0.15, 0.2) is 18.2 Å². The predicted octanol–water partition coefficient (Wildman–Crippen LogP) is 3.88. The number of hydrogen-bond donors (Lipinski definition) is 2. The molecule has 3 rings (SSSR count). The molecule has 1 aromatic carbocycles. The molecule has 0 saturated carbocycles. The maximum absolute atomic E-state index is 13.2. The summed E-state index contributed by atoms with van der Waals surface area (Å²) in [7, 11) is 1.31. The monoisotopic (exact) mass is 395 g/mol. The van der Waals surface area contributed by atoms with Crippen LogP contribution in [0.25, 0.3) is 0 Å². The maximum atomic E-state index is 13.2. The number of anilines is 2. The Hall–Kier alpha value is -2.59. The van der Waals surface area contributed by atoms with Crippen molar-refractivity contribution in [1.82, 2.24) is 0 Å². The van der Waals surface area contributed by atoms with Gasteiger partial charge in [-0.25, -0.2) is 9.18 Å². The molecule has 0 unspecified atom stereocenters. The molecule has 2 aromatic rings. The van der Waals surface area contributed by atoms with E-state index >= 15 is 0 Å². The van der Waals surface area contributed by atoms with Gasteiger partial charge in [-0.2, -0.15) is 0 Å². The van der Waals surface area contributed by atoms with Crippen molar-refractivity contribution in [2.75, 3.05) is 17.7 Å². The second-order valence-corrected chi connectivity index (χ2v) is 7.06. The van der Waals surface area contributed by atoms with E-state index in [4.69, 9.17) is 17.0 Å². The van der Waals surface area contributed by atoms with Crippen molar-refractivity contribution in [1.29, 1.82) is 0 Å². The first-order valence-corrected chi connectivity index (χ1v) is 8.88. The number of thiocarbonyl (C=S) groups is 1. The van der Waals surface area contributed by atoms with E-state index in [1.165, 1.54) is 24.5 Å². The summed E-state index contributed by atoms with van der Waals surface area (Å²) in [6, 6.07) is 3.14. The quantitative estimate of drug-likeness (QED) is 0.351. The zero-order valence-corrected chi connectivity index (χ0v) is 15.3. The molecule has 0 radical (unpaired) electrons. The predicted molar refractivity (Wildman–Crippen MR) is 101 cm³/mol. The summed E-state index contributed by atoms with van der Waals surface area (Å²) in [6.45, 7) is 0. The van der Waals surface area contributed by atoms with Crippen LogP contribution in [0.1, 0.15) is 27.2 Å². The van der Waals surface area contributed by atoms with Gasteiger partial charge in [0.25, 0.3) is 5.69 Å². The molecule has 1 aromatic heterocycles. The van der Waals surface area contributed by atoms with Crippen LogP contribution in [-0.4, -0.2) is 23.1 Å². The van der Waals surface area contributed by atoms with Gasteiger partial charge in [0.05, 0.1) is 23.7 Å². The standard InChI is InChI=1S/C16H14FN3O4S2/c1-24-15(21)13-9-3-2-4-12(9)26-14(13)19-16(25)18-10-6-5-8(17)7-11(10)20(22)23/h5-7H,2-4H2,1H3,(H2,18,19,25). The summed E-state index contributed by atoms with van der Waals surface area (Å²) >= 11 is 6.61. The Labute approximate surface area is 157 Å². The molecule has 1 aliphatic carbocycles. The van der Waals surface area contributed by atoms with Gasteiger partial charge < -0.3 is 15.4 Å². The van der Waals surface area contributed by atoms with Crippen LogP contribution in [0.5, 0.6) is 0 Å². The average molecular weight is 395 g/mol. The summed E-state index contributed by atoms with van der Waals surface area (Å²) < 4.78 is 18.1. The molecular weight excluding hydrogens is 381 g/mol. The zero-order chi connectivity index (χ0) is 18.8. The number of benzene rings is 1. The summed E-state index contributed by atoms with van der Waals surface area (Å²) in [5.41, 5.74) is 1.02. The number of fused-ring (bicyclic) bond motifs is 1. The van der Waals surface area contributed by atoms with Gasteiger partial charge >= 0.3 is 5.97 Å². The van der Waals surface area contributed by atoms with Crippen LogP contribution in [0, 0.1) is 15.9 Å². The van der Waals surface area contributed by atoms with Gasteiger partial charge in [0.1, 0.15) is 16.5 Å². The number of esters is 1. The van der Waals surface area contributed by atoms with E-state index in [0.29, 0.717) is 10.6 Å². The van der Waals surface area contributed by atoms with E-state index in [9.17, 15) is 19.3 Å². The lowest BCUT2D eigenvalue weighted by Gasteiger charge is -2.11. The van der Waals surface area contributed by atoms with Crippen LogP contribution in [0.3, 0.4) is 0 Å². The Bertz CT molecular complexity index is 913. The van der Waals surface area contributed by atoms with Crippen molar-refractivity contribution in [2.24, 2.45) is 0 Å². The largest absolute Gasteiger partial charge is 0.465 e. The van der Waals surface area contributed by atoms with Crippen molar-refractivity contribution in [3.63, 3.8) is 0 Å². The molecule has 0 aliphatic heterocycles. The van der Waals surface area contributed by atoms with Gasteiger partial charge in [-0.05, 0) is 49.2 Å². The van der Waals surface area contributed by atoms with E-state index in [1.54, 1.807) is 0 Å². The number of aryl methyl sites for hydroxylation is 1. The number of nitro benzene ring substituents is 1. The molecule has 1 heterocycles. The summed E-state index contributed by atoms with van der Waals surface area (Å²) in [4.78, 5) is 23.6. The van der Waals surface area contributed by atoms with Crippen molar-refractivity contribution in [2.45, 2.75) is 19.3 Å². The zero-order valence-electron chi connectivity index (χ0n) is 13.6. The number of nitro groups is 1. The molecule has 1 aliphatic rings. The van der Waals surface area contributed by atoms with Crippen LogP contribution in [0.2, 0.25) is 0 Å². The van der Waals surface area contributed by atoms with Gasteiger partial charge in [0.2, 0.25) is 0 Å². The Balaban J connectivity index is 1.84. The molecule has 0 amide bonds. The fourth-order valence-corrected chi connectivity index (χ4v) is 4.39. The number of carbonyl (C=O) groups excluding carboxylic acids is 1. The third-order valence-corrected chi connectivity index (χ3v) is 5.35.